The fourth-order valence-electron chi connectivity index (χ4n) is 3.33. The number of halogens is 1. The molecule has 4 rings (SSSR count). The lowest BCUT2D eigenvalue weighted by Crippen LogP contribution is -2.30. The molecule has 118 valence electrons. The summed E-state index contributed by atoms with van der Waals surface area (Å²) in [5.74, 6) is 0.928. The summed E-state index contributed by atoms with van der Waals surface area (Å²) < 4.78 is 2.57. The van der Waals surface area contributed by atoms with Gasteiger partial charge in [-0.2, -0.15) is 5.10 Å². The van der Waals surface area contributed by atoms with Gasteiger partial charge in [0, 0.05) is 26.1 Å². The second-order valence-electron chi connectivity index (χ2n) is 6.31. The molecule has 1 aliphatic carbocycles. The number of likely N-dealkylation sites (N-methyl/N-ethyl adjacent to an activating group) is 1. The zero-order valence-corrected chi connectivity index (χ0v) is 14.8. The Morgan fingerprint density at radius 3 is 2.65 bits per heavy atom. The van der Waals surface area contributed by atoms with E-state index in [4.69, 9.17) is 0 Å². The second kappa shape index (κ2) is 5.30. The van der Waals surface area contributed by atoms with E-state index in [-0.39, 0.29) is 5.41 Å². The van der Waals surface area contributed by atoms with E-state index in [9.17, 15) is 0 Å². The minimum absolute atomic E-state index is 0.252. The van der Waals surface area contributed by atoms with Crippen LogP contribution in [0.15, 0.2) is 41.3 Å². The lowest BCUT2D eigenvalue weighted by atomic mass is 9.95. The largest absolute Gasteiger partial charge is 0.358 e. The van der Waals surface area contributed by atoms with Crippen LogP contribution >= 0.6 is 15.9 Å². The van der Waals surface area contributed by atoms with Crippen molar-refractivity contribution in [1.82, 2.24) is 19.7 Å². The van der Waals surface area contributed by atoms with Crippen LogP contribution in [0.5, 0.6) is 0 Å². The Morgan fingerprint density at radius 1 is 1.22 bits per heavy atom. The summed E-state index contributed by atoms with van der Waals surface area (Å²) in [7, 11) is 4.00. The quantitative estimate of drug-likeness (QED) is 0.705. The molecule has 6 heteroatoms. The van der Waals surface area contributed by atoms with Gasteiger partial charge in [0.25, 0.3) is 0 Å². The topological polar surface area (TPSA) is 46.8 Å². The molecule has 1 aliphatic rings. The highest BCUT2D eigenvalue weighted by Crippen LogP contribution is 2.49. The standard InChI is InChI=1S/C17H18BrN5/c1-22(10-17(8-9-17)12-6-4-3-5-7-12)15-13-14(18)21-23(2)16(13)20-11-19-15/h3-7,11H,8-10H2,1-2H3. The maximum Gasteiger partial charge on any atom is 0.164 e. The van der Waals surface area contributed by atoms with Crippen molar-refractivity contribution in [3.8, 4) is 0 Å². The molecule has 0 unspecified atom stereocenters. The summed E-state index contributed by atoms with van der Waals surface area (Å²) in [6.45, 7) is 0.949. The molecule has 0 saturated heterocycles. The maximum atomic E-state index is 4.52. The first-order valence-corrected chi connectivity index (χ1v) is 8.50. The molecule has 5 nitrogen and oxygen atoms in total. The molecule has 0 atom stereocenters. The Morgan fingerprint density at radius 2 is 1.96 bits per heavy atom. The van der Waals surface area contributed by atoms with Gasteiger partial charge in [0.1, 0.15) is 16.7 Å². The minimum atomic E-state index is 0.252. The van der Waals surface area contributed by atoms with Gasteiger partial charge in [0.2, 0.25) is 0 Å². The maximum absolute atomic E-state index is 4.52. The van der Waals surface area contributed by atoms with Crippen LogP contribution in [0.3, 0.4) is 0 Å². The number of fused-ring (bicyclic) bond motifs is 1. The van der Waals surface area contributed by atoms with Crippen molar-refractivity contribution >= 4 is 32.8 Å². The monoisotopic (exact) mass is 371 g/mol. The van der Waals surface area contributed by atoms with Crippen LogP contribution < -0.4 is 4.90 Å². The van der Waals surface area contributed by atoms with Crippen molar-refractivity contribution < 1.29 is 0 Å². The first kappa shape index (κ1) is 14.6. The van der Waals surface area contributed by atoms with Crippen molar-refractivity contribution in [2.45, 2.75) is 18.3 Å². The van der Waals surface area contributed by atoms with Gasteiger partial charge in [-0.15, -0.1) is 0 Å². The van der Waals surface area contributed by atoms with Crippen molar-refractivity contribution in [3.63, 3.8) is 0 Å². The van der Waals surface area contributed by atoms with Crippen molar-refractivity contribution in [2.24, 2.45) is 7.05 Å². The molecule has 0 spiro atoms. The van der Waals surface area contributed by atoms with Crippen molar-refractivity contribution in [1.29, 1.82) is 0 Å². The highest BCUT2D eigenvalue weighted by molar-refractivity contribution is 9.10. The third-order valence-electron chi connectivity index (χ3n) is 4.70. The smallest absolute Gasteiger partial charge is 0.164 e. The minimum Gasteiger partial charge on any atom is -0.358 e. The molecule has 0 amide bonds. The number of aromatic nitrogens is 4. The Hall–Kier alpha value is -1.95. The van der Waals surface area contributed by atoms with Crippen LogP contribution in [0, 0.1) is 0 Å². The Labute approximate surface area is 143 Å². The van der Waals surface area contributed by atoms with E-state index in [1.165, 1.54) is 18.4 Å². The normalized spacial score (nSPS) is 15.8. The summed E-state index contributed by atoms with van der Waals surface area (Å²) in [4.78, 5) is 11.1. The molecular weight excluding hydrogens is 354 g/mol. The zero-order chi connectivity index (χ0) is 16.0. The summed E-state index contributed by atoms with van der Waals surface area (Å²) in [5, 5.41) is 5.38. The van der Waals surface area contributed by atoms with Gasteiger partial charge in [-0.05, 0) is 34.3 Å². The number of hydrogen-bond acceptors (Lipinski definition) is 4. The van der Waals surface area contributed by atoms with Crippen LogP contribution in [-0.4, -0.2) is 33.3 Å². The molecule has 2 heterocycles. The zero-order valence-electron chi connectivity index (χ0n) is 13.2. The van der Waals surface area contributed by atoms with E-state index < -0.39 is 0 Å². The number of hydrogen-bond donors (Lipinski definition) is 0. The third kappa shape index (κ3) is 2.41. The van der Waals surface area contributed by atoms with Crippen LogP contribution in [0.4, 0.5) is 5.82 Å². The summed E-state index contributed by atoms with van der Waals surface area (Å²) in [5.41, 5.74) is 2.52. The summed E-state index contributed by atoms with van der Waals surface area (Å²) >= 11 is 3.54. The van der Waals surface area contributed by atoms with Gasteiger partial charge in [0.05, 0.1) is 5.39 Å². The van der Waals surface area contributed by atoms with Crippen LogP contribution in [-0.2, 0) is 12.5 Å². The van der Waals surface area contributed by atoms with E-state index >= 15 is 0 Å². The third-order valence-corrected chi connectivity index (χ3v) is 5.25. The molecule has 0 aliphatic heterocycles. The van der Waals surface area contributed by atoms with Gasteiger partial charge in [0.15, 0.2) is 5.65 Å². The van der Waals surface area contributed by atoms with Gasteiger partial charge in [-0.1, -0.05) is 30.3 Å². The Kier molecular flexibility index (Phi) is 3.37. The van der Waals surface area contributed by atoms with E-state index in [2.05, 4.69) is 73.3 Å². The van der Waals surface area contributed by atoms with E-state index in [0.717, 1.165) is 28.0 Å². The lowest BCUT2D eigenvalue weighted by molar-refractivity contribution is 0.669. The SMILES string of the molecule is CN(CC1(c2ccccc2)CC1)c1ncnc2c1c(Br)nn2C. The fraction of sp³-hybridized carbons (Fsp3) is 0.353. The second-order valence-corrected chi connectivity index (χ2v) is 7.06. The van der Waals surface area contributed by atoms with E-state index in [0.29, 0.717) is 0 Å². The predicted molar refractivity (Wildman–Crippen MR) is 94.6 cm³/mol. The predicted octanol–water partition coefficient (Wildman–Crippen LogP) is 3.29. The van der Waals surface area contributed by atoms with Gasteiger partial charge in [-0.3, -0.25) is 0 Å². The van der Waals surface area contributed by atoms with Crippen LogP contribution in [0.2, 0.25) is 0 Å². The van der Waals surface area contributed by atoms with Crippen molar-refractivity contribution in [2.75, 3.05) is 18.5 Å². The van der Waals surface area contributed by atoms with Gasteiger partial charge in [-0.25, -0.2) is 14.6 Å². The van der Waals surface area contributed by atoms with Gasteiger partial charge >= 0.3 is 0 Å². The molecule has 0 N–H and O–H groups in total. The highest BCUT2D eigenvalue weighted by Gasteiger charge is 2.45. The Balaban J connectivity index is 1.70. The van der Waals surface area contributed by atoms with E-state index in [1.807, 2.05) is 7.05 Å². The molecule has 1 aromatic carbocycles. The molecule has 2 aromatic heterocycles. The van der Waals surface area contributed by atoms with Crippen molar-refractivity contribution in [3.05, 3.63) is 46.8 Å². The average Bonchev–Trinajstić information content (AvgIpc) is 3.29. The number of nitrogens with zero attached hydrogens (tertiary/aromatic N) is 5. The summed E-state index contributed by atoms with van der Waals surface area (Å²) in [6, 6.07) is 10.8. The van der Waals surface area contributed by atoms with Crippen LogP contribution in [0.25, 0.3) is 11.0 Å². The first-order valence-electron chi connectivity index (χ1n) is 7.71. The highest BCUT2D eigenvalue weighted by atomic mass is 79.9. The molecule has 0 bridgehead atoms. The molecular formula is C17H18BrN5. The number of anilines is 1. The summed E-state index contributed by atoms with van der Waals surface area (Å²) in [6.07, 6.45) is 4.07. The molecule has 23 heavy (non-hydrogen) atoms. The van der Waals surface area contributed by atoms with Gasteiger partial charge < -0.3 is 4.90 Å². The average molecular weight is 372 g/mol. The number of rotatable bonds is 4. The molecule has 0 radical (unpaired) electrons. The fourth-order valence-corrected chi connectivity index (χ4v) is 3.92. The molecule has 3 aromatic rings. The van der Waals surface area contributed by atoms with Crippen LogP contribution in [0.1, 0.15) is 18.4 Å². The molecule has 1 saturated carbocycles. The first-order chi connectivity index (χ1) is 11.1. The number of aryl methyl sites for hydroxylation is 1. The van der Waals surface area contributed by atoms with E-state index in [1.54, 1.807) is 11.0 Å². The molecule has 1 fully saturated rings. The lowest BCUT2D eigenvalue weighted by Gasteiger charge is -2.25. The number of benzene rings is 1. The Bertz CT molecular complexity index is 854.